The molecule has 0 saturated carbocycles. The number of hydrogen-bond donors (Lipinski definition) is 2. The van der Waals surface area contributed by atoms with Crippen LogP contribution in [0.5, 0.6) is 0 Å². The van der Waals surface area contributed by atoms with Gasteiger partial charge in [0, 0.05) is 39.1 Å². The summed E-state index contributed by atoms with van der Waals surface area (Å²) in [6.45, 7) is 9.36. The van der Waals surface area contributed by atoms with E-state index in [1.807, 2.05) is 7.05 Å². The number of nitrogens with zero attached hydrogens (tertiary/aromatic N) is 1. The quantitative estimate of drug-likeness (QED) is 0.751. The summed E-state index contributed by atoms with van der Waals surface area (Å²) in [4.78, 5) is 14.4. The van der Waals surface area contributed by atoms with Crippen LogP contribution in [0, 0.1) is 11.8 Å². The van der Waals surface area contributed by atoms with E-state index in [1.165, 1.54) is 30.6 Å². The zero-order valence-corrected chi connectivity index (χ0v) is 17.2. The lowest BCUT2D eigenvalue weighted by Gasteiger charge is -2.35. The first-order chi connectivity index (χ1) is 11.1. The Morgan fingerprint density at radius 1 is 1.12 bits per heavy atom. The van der Waals surface area contributed by atoms with Gasteiger partial charge in [0.25, 0.3) is 0 Å². The molecule has 1 saturated heterocycles. The molecule has 1 aromatic rings. The second-order valence-electron chi connectivity index (χ2n) is 7.04. The largest absolute Gasteiger partial charge is 0.352 e. The van der Waals surface area contributed by atoms with Crippen molar-refractivity contribution in [1.82, 2.24) is 15.5 Å². The van der Waals surface area contributed by atoms with E-state index in [2.05, 4.69) is 53.6 Å². The maximum atomic E-state index is 11.8. The Morgan fingerprint density at radius 3 is 2.32 bits per heavy atom. The van der Waals surface area contributed by atoms with Gasteiger partial charge in [-0.05, 0) is 36.4 Å². The molecular weight excluding hydrogens is 357 g/mol. The van der Waals surface area contributed by atoms with Gasteiger partial charge in [-0.25, -0.2) is 0 Å². The van der Waals surface area contributed by atoms with Gasteiger partial charge in [0.15, 0.2) is 0 Å². The van der Waals surface area contributed by atoms with Crippen LogP contribution >= 0.6 is 24.8 Å². The average molecular weight is 390 g/mol. The van der Waals surface area contributed by atoms with E-state index in [4.69, 9.17) is 0 Å². The second kappa shape index (κ2) is 12.5. The predicted molar refractivity (Wildman–Crippen MR) is 110 cm³/mol. The Balaban J connectivity index is 0.00000288. The predicted octanol–water partition coefficient (Wildman–Crippen LogP) is 3.23. The summed E-state index contributed by atoms with van der Waals surface area (Å²) in [6, 6.07) is 8.47. The lowest BCUT2D eigenvalue weighted by molar-refractivity contribution is -0.121. The van der Waals surface area contributed by atoms with E-state index in [0.29, 0.717) is 13.0 Å². The zero-order valence-electron chi connectivity index (χ0n) is 15.6. The molecule has 0 aromatic heterocycles. The molecule has 6 heteroatoms. The number of nitrogens with one attached hydrogen (secondary N) is 2. The normalized spacial score (nSPS) is 20.3. The number of benzene rings is 1. The molecule has 1 amide bonds. The molecular formula is C19H33Cl2N3O. The lowest BCUT2D eigenvalue weighted by atomic mass is 9.91. The number of carbonyl (C=O) groups is 1. The van der Waals surface area contributed by atoms with E-state index < -0.39 is 0 Å². The van der Waals surface area contributed by atoms with Crippen molar-refractivity contribution in [3.05, 3.63) is 35.4 Å². The third-order valence-electron chi connectivity index (χ3n) is 4.53. The number of rotatable bonds is 7. The van der Waals surface area contributed by atoms with Crippen molar-refractivity contribution in [2.24, 2.45) is 11.8 Å². The van der Waals surface area contributed by atoms with Crippen LogP contribution in [0.1, 0.15) is 37.8 Å². The van der Waals surface area contributed by atoms with Gasteiger partial charge in [-0.15, -0.1) is 24.8 Å². The van der Waals surface area contributed by atoms with Crippen molar-refractivity contribution >= 4 is 30.7 Å². The van der Waals surface area contributed by atoms with Crippen molar-refractivity contribution in [2.45, 2.75) is 39.8 Å². The minimum Gasteiger partial charge on any atom is -0.352 e. The highest BCUT2D eigenvalue weighted by atomic mass is 35.5. The molecule has 4 nitrogen and oxygen atoms in total. The van der Waals surface area contributed by atoms with Crippen LogP contribution in [0.25, 0.3) is 0 Å². The average Bonchev–Trinajstić information content (AvgIpc) is 2.51. The van der Waals surface area contributed by atoms with Crippen molar-refractivity contribution < 1.29 is 4.79 Å². The molecule has 0 spiro atoms. The number of amides is 1. The van der Waals surface area contributed by atoms with Crippen molar-refractivity contribution in [3.63, 3.8) is 0 Å². The standard InChI is InChI=1S/C19H31N3O.2ClH/c1-15-10-16(2)13-22(12-15)14-18-7-5-4-6-17(18)11-21-19(23)8-9-20-3;;/h4-7,15-16,20H,8-14H2,1-3H3,(H,21,23);2*1H. The molecule has 0 bridgehead atoms. The fourth-order valence-electron chi connectivity index (χ4n) is 3.57. The van der Waals surface area contributed by atoms with Crippen LogP contribution in [0.4, 0.5) is 0 Å². The Bertz CT molecular complexity index is 503. The molecule has 2 N–H and O–H groups in total. The van der Waals surface area contributed by atoms with E-state index in [1.54, 1.807) is 0 Å². The number of carbonyl (C=O) groups excluding carboxylic acids is 1. The summed E-state index contributed by atoms with van der Waals surface area (Å²) in [5.41, 5.74) is 2.57. The Morgan fingerprint density at radius 2 is 1.72 bits per heavy atom. The van der Waals surface area contributed by atoms with Crippen LogP contribution < -0.4 is 10.6 Å². The summed E-state index contributed by atoms with van der Waals surface area (Å²) < 4.78 is 0. The minimum absolute atomic E-state index is 0. The monoisotopic (exact) mass is 389 g/mol. The van der Waals surface area contributed by atoms with E-state index in [9.17, 15) is 4.79 Å². The van der Waals surface area contributed by atoms with Gasteiger partial charge in [-0.2, -0.15) is 0 Å². The van der Waals surface area contributed by atoms with Gasteiger partial charge < -0.3 is 10.6 Å². The number of hydrogen-bond acceptors (Lipinski definition) is 3. The molecule has 2 atom stereocenters. The third kappa shape index (κ3) is 8.41. The first-order valence-electron chi connectivity index (χ1n) is 8.79. The summed E-state index contributed by atoms with van der Waals surface area (Å²) in [7, 11) is 1.86. The van der Waals surface area contributed by atoms with Crippen LogP contribution in [0.3, 0.4) is 0 Å². The van der Waals surface area contributed by atoms with Gasteiger partial charge in [0.2, 0.25) is 5.91 Å². The number of halogens is 2. The first-order valence-corrected chi connectivity index (χ1v) is 8.79. The van der Waals surface area contributed by atoms with Gasteiger partial charge in [-0.1, -0.05) is 38.1 Å². The second-order valence-corrected chi connectivity index (χ2v) is 7.04. The zero-order chi connectivity index (χ0) is 16.7. The molecule has 1 aliphatic heterocycles. The molecule has 144 valence electrons. The fraction of sp³-hybridized carbons (Fsp3) is 0.632. The Labute approximate surface area is 164 Å². The van der Waals surface area contributed by atoms with Gasteiger partial charge in [0.1, 0.15) is 0 Å². The molecule has 1 heterocycles. The van der Waals surface area contributed by atoms with Gasteiger partial charge in [0.05, 0.1) is 0 Å². The minimum atomic E-state index is 0. The summed E-state index contributed by atoms with van der Waals surface area (Å²) >= 11 is 0. The van der Waals surface area contributed by atoms with Gasteiger partial charge >= 0.3 is 0 Å². The van der Waals surface area contributed by atoms with Crippen LogP contribution in [0.15, 0.2) is 24.3 Å². The summed E-state index contributed by atoms with van der Waals surface area (Å²) in [5, 5.41) is 6.03. The van der Waals surface area contributed by atoms with Crippen molar-refractivity contribution in [3.8, 4) is 0 Å². The Hall–Kier alpha value is -0.810. The van der Waals surface area contributed by atoms with E-state index >= 15 is 0 Å². The highest BCUT2D eigenvalue weighted by Gasteiger charge is 2.22. The summed E-state index contributed by atoms with van der Waals surface area (Å²) in [6.07, 6.45) is 1.86. The highest BCUT2D eigenvalue weighted by Crippen LogP contribution is 2.23. The molecule has 25 heavy (non-hydrogen) atoms. The third-order valence-corrected chi connectivity index (χ3v) is 4.53. The highest BCUT2D eigenvalue weighted by molar-refractivity contribution is 5.85. The van der Waals surface area contributed by atoms with Crippen LogP contribution in [0.2, 0.25) is 0 Å². The maximum absolute atomic E-state index is 11.8. The van der Waals surface area contributed by atoms with E-state index in [0.717, 1.165) is 24.9 Å². The molecule has 2 rings (SSSR count). The van der Waals surface area contributed by atoms with Gasteiger partial charge in [-0.3, -0.25) is 9.69 Å². The summed E-state index contributed by atoms with van der Waals surface area (Å²) in [5.74, 6) is 1.65. The number of piperidine rings is 1. The Kier molecular flexibility index (Phi) is 12.1. The fourth-order valence-corrected chi connectivity index (χ4v) is 3.57. The molecule has 0 aliphatic carbocycles. The molecule has 1 aromatic carbocycles. The van der Waals surface area contributed by atoms with Crippen molar-refractivity contribution in [2.75, 3.05) is 26.7 Å². The smallest absolute Gasteiger partial charge is 0.221 e. The molecule has 1 fully saturated rings. The molecule has 0 radical (unpaired) electrons. The lowest BCUT2D eigenvalue weighted by Crippen LogP contribution is -2.38. The first kappa shape index (κ1) is 24.2. The van der Waals surface area contributed by atoms with Crippen molar-refractivity contribution in [1.29, 1.82) is 0 Å². The molecule has 1 aliphatic rings. The van der Waals surface area contributed by atoms with Crippen LogP contribution in [-0.4, -0.2) is 37.5 Å². The SMILES string of the molecule is CNCCC(=O)NCc1ccccc1CN1CC(C)CC(C)C1.Cl.Cl. The maximum Gasteiger partial charge on any atom is 0.221 e. The molecule has 2 unspecified atom stereocenters. The van der Waals surface area contributed by atoms with Crippen LogP contribution in [-0.2, 0) is 17.9 Å². The topological polar surface area (TPSA) is 44.4 Å². The number of likely N-dealkylation sites (tertiary alicyclic amines) is 1. The van der Waals surface area contributed by atoms with E-state index in [-0.39, 0.29) is 30.7 Å².